The molecule has 7 heteroatoms. The third-order valence-corrected chi connectivity index (χ3v) is 1.83. The predicted molar refractivity (Wildman–Crippen MR) is 61.0 cm³/mol. The number of aliphatic carboxylic acids is 2. The summed E-state index contributed by atoms with van der Waals surface area (Å²) >= 11 is 0. The van der Waals surface area contributed by atoms with Crippen molar-refractivity contribution in [2.45, 2.75) is 51.6 Å². The van der Waals surface area contributed by atoms with E-state index in [9.17, 15) is 9.59 Å². The largest absolute Gasteiger partial charge is 0.480 e. The number of carboxylic acid groups (broad SMARTS) is 2. The summed E-state index contributed by atoms with van der Waals surface area (Å²) in [4.78, 5) is 19.9. The van der Waals surface area contributed by atoms with Crippen molar-refractivity contribution in [1.82, 2.24) is 0 Å². The second kappa shape index (κ2) is 13.4. The maximum Gasteiger partial charge on any atom is 0.320 e. The molecule has 0 spiro atoms. The van der Waals surface area contributed by atoms with Crippen LogP contribution in [-0.2, 0) is 26.7 Å². The molecule has 0 rings (SSSR count). The molecule has 0 fully saturated rings. The zero-order valence-electron chi connectivity index (χ0n) is 10.2. The molecule has 1 radical (unpaired) electrons. The molecule has 0 saturated carbocycles. The Morgan fingerprint density at radius 1 is 0.941 bits per heavy atom. The number of hydrogen-bond acceptors (Lipinski definition) is 4. The van der Waals surface area contributed by atoms with Crippen molar-refractivity contribution in [3.05, 3.63) is 0 Å². The molecule has 0 aromatic carbocycles. The number of hydrogen-bond donors (Lipinski definition) is 4. The minimum absolute atomic E-state index is 0. The molecule has 6 nitrogen and oxygen atoms in total. The molecule has 0 aliphatic heterocycles. The van der Waals surface area contributed by atoms with E-state index in [1.807, 2.05) is 13.8 Å². The smallest absolute Gasteiger partial charge is 0.320 e. The summed E-state index contributed by atoms with van der Waals surface area (Å²) in [5.41, 5.74) is 10.3. The van der Waals surface area contributed by atoms with E-state index in [0.29, 0.717) is 12.8 Å². The van der Waals surface area contributed by atoms with Crippen LogP contribution in [0, 0.1) is 0 Å². The summed E-state index contributed by atoms with van der Waals surface area (Å²) in [6, 6.07) is -1.33. The van der Waals surface area contributed by atoms with Crippen LogP contribution >= 0.6 is 0 Å². The van der Waals surface area contributed by atoms with Gasteiger partial charge in [-0.25, -0.2) is 0 Å². The zero-order valence-corrected chi connectivity index (χ0v) is 11.1. The first-order chi connectivity index (χ1) is 7.36. The summed E-state index contributed by atoms with van der Waals surface area (Å²) in [7, 11) is 0. The molecule has 0 amide bonds. The van der Waals surface area contributed by atoms with Crippen molar-refractivity contribution >= 4 is 11.9 Å². The Morgan fingerprint density at radius 3 is 1.24 bits per heavy atom. The van der Waals surface area contributed by atoms with Crippen LogP contribution in [0.1, 0.15) is 39.5 Å². The summed E-state index contributed by atoms with van der Waals surface area (Å²) in [5.74, 6) is -1.82. The van der Waals surface area contributed by atoms with Gasteiger partial charge in [0, 0.05) is 17.1 Å². The van der Waals surface area contributed by atoms with Crippen LogP contribution in [0.5, 0.6) is 0 Å². The van der Waals surface area contributed by atoms with Gasteiger partial charge in [0.15, 0.2) is 0 Å². The molecule has 0 heterocycles. The predicted octanol–water partition coefficient (Wildman–Crippen LogP) is 0.394. The van der Waals surface area contributed by atoms with E-state index in [2.05, 4.69) is 0 Å². The standard InChI is InChI=1S/2C5H11NO2.Cu/c2*1-2-3-4(6)5(7)8;/h2*4H,2-3,6H2,1H3,(H,7,8);/t2*4-;/m00./s1. The van der Waals surface area contributed by atoms with Gasteiger partial charge < -0.3 is 21.7 Å². The quantitative estimate of drug-likeness (QED) is 0.525. The van der Waals surface area contributed by atoms with Gasteiger partial charge in [-0.1, -0.05) is 26.7 Å². The number of carboxylic acids is 2. The summed E-state index contributed by atoms with van der Waals surface area (Å²) in [6.07, 6.45) is 2.78. The van der Waals surface area contributed by atoms with Crippen LogP contribution in [0.25, 0.3) is 0 Å². The van der Waals surface area contributed by atoms with Gasteiger partial charge in [0.25, 0.3) is 0 Å². The van der Waals surface area contributed by atoms with Crippen molar-refractivity contribution in [2.24, 2.45) is 11.5 Å². The Morgan fingerprint density at radius 2 is 1.18 bits per heavy atom. The Labute approximate surface area is 112 Å². The number of rotatable bonds is 6. The summed E-state index contributed by atoms with van der Waals surface area (Å²) in [6.45, 7) is 3.81. The Hall–Kier alpha value is -0.621. The molecule has 0 aliphatic rings. The van der Waals surface area contributed by atoms with Gasteiger partial charge in [-0.2, -0.15) is 0 Å². The molecule has 0 saturated heterocycles. The monoisotopic (exact) mass is 297 g/mol. The Kier molecular flexibility index (Phi) is 17.1. The van der Waals surface area contributed by atoms with Gasteiger partial charge >= 0.3 is 11.9 Å². The molecule has 0 unspecified atom stereocenters. The number of carbonyl (C=O) groups is 2. The van der Waals surface area contributed by atoms with Crippen LogP contribution in [0.3, 0.4) is 0 Å². The molecular weight excluding hydrogens is 276 g/mol. The maximum absolute atomic E-state index is 9.96. The van der Waals surface area contributed by atoms with Gasteiger partial charge in [-0.3, -0.25) is 9.59 Å². The third-order valence-electron chi connectivity index (χ3n) is 1.83. The summed E-state index contributed by atoms with van der Waals surface area (Å²) < 4.78 is 0. The second-order valence-corrected chi connectivity index (χ2v) is 3.47. The van der Waals surface area contributed by atoms with Gasteiger partial charge in [0.2, 0.25) is 0 Å². The van der Waals surface area contributed by atoms with Crippen LogP contribution in [0.2, 0.25) is 0 Å². The minimum Gasteiger partial charge on any atom is -0.480 e. The SMILES string of the molecule is CCC[C@H](N)C(=O)O.CCC[C@H](N)C(=O)O.[Cu]. The first-order valence-electron chi connectivity index (χ1n) is 5.33. The van der Waals surface area contributed by atoms with Gasteiger partial charge in [0.05, 0.1) is 0 Å². The maximum atomic E-state index is 9.96. The van der Waals surface area contributed by atoms with Crippen molar-refractivity contribution in [2.75, 3.05) is 0 Å². The molecule has 17 heavy (non-hydrogen) atoms. The van der Waals surface area contributed by atoms with Gasteiger partial charge in [-0.05, 0) is 12.8 Å². The van der Waals surface area contributed by atoms with Crippen LogP contribution in [0.15, 0.2) is 0 Å². The molecule has 6 N–H and O–H groups in total. The van der Waals surface area contributed by atoms with Gasteiger partial charge in [-0.15, -0.1) is 0 Å². The van der Waals surface area contributed by atoms with E-state index < -0.39 is 24.0 Å². The fraction of sp³-hybridized carbons (Fsp3) is 0.800. The molecule has 2 atom stereocenters. The first kappa shape index (κ1) is 21.6. The third kappa shape index (κ3) is 15.4. The zero-order chi connectivity index (χ0) is 13.1. The second-order valence-electron chi connectivity index (χ2n) is 3.47. The van der Waals surface area contributed by atoms with E-state index in [1.54, 1.807) is 0 Å². The van der Waals surface area contributed by atoms with Crippen molar-refractivity contribution in [3.8, 4) is 0 Å². The minimum atomic E-state index is -0.910. The molecule has 107 valence electrons. The number of nitrogens with two attached hydrogens (primary N) is 2. The van der Waals surface area contributed by atoms with Gasteiger partial charge in [0.1, 0.15) is 12.1 Å². The molecule has 0 aromatic heterocycles. The van der Waals surface area contributed by atoms with Crippen LogP contribution in [0.4, 0.5) is 0 Å². The normalized spacial score (nSPS) is 12.5. The summed E-state index contributed by atoms with van der Waals surface area (Å²) in [5, 5.41) is 16.4. The Bertz CT molecular complexity index is 192. The fourth-order valence-electron chi connectivity index (χ4n) is 0.869. The van der Waals surface area contributed by atoms with Crippen LogP contribution in [-0.4, -0.2) is 34.2 Å². The van der Waals surface area contributed by atoms with E-state index in [0.717, 1.165) is 12.8 Å². The van der Waals surface area contributed by atoms with Crippen LogP contribution < -0.4 is 11.5 Å². The molecular formula is C10H22CuN2O4. The first-order valence-corrected chi connectivity index (χ1v) is 5.33. The van der Waals surface area contributed by atoms with Crippen molar-refractivity contribution < 1.29 is 36.9 Å². The molecule has 0 aliphatic carbocycles. The average molecular weight is 298 g/mol. The molecule has 0 bridgehead atoms. The van der Waals surface area contributed by atoms with E-state index in [4.69, 9.17) is 21.7 Å². The average Bonchev–Trinajstić information content (AvgIpc) is 2.19. The van der Waals surface area contributed by atoms with Crippen molar-refractivity contribution in [1.29, 1.82) is 0 Å². The van der Waals surface area contributed by atoms with Crippen molar-refractivity contribution in [3.63, 3.8) is 0 Å². The van der Waals surface area contributed by atoms with E-state index >= 15 is 0 Å². The Balaban J connectivity index is -0.000000218. The molecule has 0 aromatic rings. The topological polar surface area (TPSA) is 127 Å². The van der Waals surface area contributed by atoms with E-state index in [-0.39, 0.29) is 17.1 Å². The fourth-order valence-corrected chi connectivity index (χ4v) is 0.869. The van der Waals surface area contributed by atoms with E-state index in [1.165, 1.54) is 0 Å².